The van der Waals surface area contributed by atoms with Crippen molar-refractivity contribution in [2.75, 3.05) is 0 Å². The zero-order valence-electron chi connectivity index (χ0n) is 13.5. The van der Waals surface area contributed by atoms with Gasteiger partial charge in [0.05, 0.1) is 11.4 Å². The van der Waals surface area contributed by atoms with Gasteiger partial charge in [-0.3, -0.25) is 0 Å². The minimum Gasteiger partial charge on any atom is -0.440 e. The number of fused-ring (bicyclic) bond motifs is 1. The highest BCUT2D eigenvalue weighted by molar-refractivity contribution is 7.98. The first-order valence-electron chi connectivity index (χ1n) is 7.55. The van der Waals surface area contributed by atoms with Gasteiger partial charge in [0.2, 0.25) is 5.89 Å². The van der Waals surface area contributed by atoms with Crippen LogP contribution in [0.3, 0.4) is 0 Å². The molecule has 22 heavy (non-hydrogen) atoms. The average molecular weight is 315 g/mol. The summed E-state index contributed by atoms with van der Waals surface area (Å²) in [7, 11) is 0. The normalized spacial score (nSPS) is 11.7. The van der Waals surface area contributed by atoms with Crippen LogP contribution in [0.2, 0.25) is 0 Å². The Morgan fingerprint density at radius 3 is 2.68 bits per heavy atom. The second-order valence-corrected chi connectivity index (χ2v) is 6.88. The average Bonchev–Trinajstić information content (AvgIpc) is 3.00. The van der Waals surface area contributed by atoms with E-state index in [1.54, 1.807) is 11.8 Å². The number of hydrogen-bond acceptors (Lipinski definition) is 4. The second-order valence-electron chi connectivity index (χ2n) is 5.93. The summed E-state index contributed by atoms with van der Waals surface area (Å²) in [6.45, 7) is 9.64. The Bertz CT molecular complexity index is 755. The van der Waals surface area contributed by atoms with E-state index in [1.807, 2.05) is 24.3 Å². The number of imidazole rings is 1. The van der Waals surface area contributed by atoms with Crippen molar-refractivity contribution < 1.29 is 4.42 Å². The SMILES string of the molecule is Cc1nc(SCc2nc3ccccc3o2)n(CC(C)C)c1C. The number of nitrogens with zero attached hydrogens (tertiary/aromatic N) is 3. The predicted octanol–water partition coefficient (Wildman–Crippen LogP) is 4.59. The molecule has 3 rings (SSSR count). The van der Waals surface area contributed by atoms with Gasteiger partial charge in [0.1, 0.15) is 5.52 Å². The maximum absolute atomic E-state index is 5.78. The highest BCUT2D eigenvalue weighted by atomic mass is 32.2. The van der Waals surface area contributed by atoms with Crippen LogP contribution < -0.4 is 0 Å². The number of thioether (sulfide) groups is 1. The highest BCUT2D eigenvalue weighted by Gasteiger charge is 2.14. The fourth-order valence-electron chi connectivity index (χ4n) is 2.42. The molecular weight excluding hydrogens is 294 g/mol. The molecule has 0 saturated carbocycles. The monoisotopic (exact) mass is 315 g/mol. The molecule has 2 aromatic heterocycles. The van der Waals surface area contributed by atoms with Gasteiger partial charge in [-0.05, 0) is 31.9 Å². The molecule has 0 spiro atoms. The Balaban J connectivity index is 1.79. The molecule has 0 N–H and O–H groups in total. The lowest BCUT2D eigenvalue weighted by molar-refractivity contribution is 0.486. The zero-order valence-corrected chi connectivity index (χ0v) is 14.3. The molecule has 0 aliphatic heterocycles. The van der Waals surface area contributed by atoms with Gasteiger partial charge in [0.25, 0.3) is 0 Å². The van der Waals surface area contributed by atoms with E-state index >= 15 is 0 Å². The van der Waals surface area contributed by atoms with Gasteiger partial charge in [-0.1, -0.05) is 37.7 Å². The largest absolute Gasteiger partial charge is 0.440 e. The van der Waals surface area contributed by atoms with E-state index < -0.39 is 0 Å². The van der Waals surface area contributed by atoms with Crippen LogP contribution in [0.1, 0.15) is 31.1 Å². The minimum absolute atomic E-state index is 0.593. The number of aromatic nitrogens is 3. The third kappa shape index (κ3) is 3.04. The fourth-order valence-corrected chi connectivity index (χ4v) is 3.37. The van der Waals surface area contributed by atoms with Crippen molar-refractivity contribution in [1.29, 1.82) is 0 Å². The third-order valence-electron chi connectivity index (χ3n) is 3.63. The van der Waals surface area contributed by atoms with E-state index in [0.29, 0.717) is 11.7 Å². The molecule has 116 valence electrons. The molecule has 1 aromatic carbocycles. The number of oxazole rings is 1. The summed E-state index contributed by atoms with van der Waals surface area (Å²) in [6, 6.07) is 7.86. The molecule has 5 heteroatoms. The maximum atomic E-state index is 5.78. The topological polar surface area (TPSA) is 43.9 Å². The highest BCUT2D eigenvalue weighted by Crippen LogP contribution is 2.26. The molecule has 0 unspecified atom stereocenters. The molecule has 0 radical (unpaired) electrons. The Labute approximate surface area is 135 Å². The van der Waals surface area contributed by atoms with Gasteiger partial charge < -0.3 is 8.98 Å². The molecule has 2 heterocycles. The molecule has 0 bridgehead atoms. The van der Waals surface area contributed by atoms with Crippen molar-refractivity contribution in [2.45, 2.75) is 45.1 Å². The van der Waals surface area contributed by atoms with Crippen molar-refractivity contribution in [3.8, 4) is 0 Å². The van der Waals surface area contributed by atoms with E-state index in [2.05, 4.69) is 42.2 Å². The molecule has 0 amide bonds. The molecule has 0 aliphatic rings. The number of benzene rings is 1. The van der Waals surface area contributed by atoms with Gasteiger partial charge in [-0.2, -0.15) is 0 Å². The van der Waals surface area contributed by atoms with Crippen LogP contribution in [-0.2, 0) is 12.3 Å². The smallest absolute Gasteiger partial charge is 0.205 e. The lowest BCUT2D eigenvalue weighted by Crippen LogP contribution is -2.07. The molecule has 0 atom stereocenters. The van der Waals surface area contributed by atoms with Crippen LogP contribution in [0.4, 0.5) is 0 Å². The Morgan fingerprint density at radius 2 is 1.95 bits per heavy atom. The Hall–Kier alpha value is -1.75. The van der Waals surface area contributed by atoms with Crippen molar-refractivity contribution in [3.05, 3.63) is 41.5 Å². The molecule has 0 aliphatic carbocycles. The van der Waals surface area contributed by atoms with Gasteiger partial charge in [0.15, 0.2) is 10.7 Å². The van der Waals surface area contributed by atoms with Gasteiger partial charge in [0, 0.05) is 12.2 Å². The number of aryl methyl sites for hydroxylation is 1. The molecule has 0 saturated heterocycles. The van der Waals surface area contributed by atoms with Gasteiger partial charge in [-0.15, -0.1) is 0 Å². The summed E-state index contributed by atoms with van der Waals surface area (Å²) in [5, 5.41) is 1.05. The van der Waals surface area contributed by atoms with E-state index in [1.165, 1.54) is 5.69 Å². The summed E-state index contributed by atoms with van der Waals surface area (Å²) in [6.07, 6.45) is 0. The summed E-state index contributed by atoms with van der Waals surface area (Å²) in [5.41, 5.74) is 4.10. The molecular formula is C17H21N3OS. The zero-order chi connectivity index (χ0) is 15.7. The van der Waals surface area contributed by atoms with Crippen molar-refractivity contribution >= 4 is 22.9 Å². The summed E-state index contributed by atoms with van der Waals surface area (Å²) < 4.78 is 8.08. The van der Waals surface area contributed by atoms with Crippen LogP contribution in [0.25, 0.3) is 11.1 Å². The molecule has 3 aromatic rings. The fraction of sp³-hybridized carbons (Fsp3) is 0.412. The number of rotatable bonds is 5. The Morgan fingerprint density at radius 1 is 1.18 bits per heavy atom. The van der Waals surface area contributed by atoms with E-state index in [9.17, 15) is 0 Å². The van der Waals surface area contributed by atoms with Crippen LogP contribution in [-0.4, -0.2) is 14.5 Å². The third-order valence-corrected chi connectivity index (χ3v) is 4.59. The van der Waals surface area contributed by atoms with Crippen LogP contribution >= 0.6 is 11.8 Å². The van der Waals surface area contributed by atoms with E-state index in [4.69, 9.17) is 4.42 Å². The molecule has 0 fully saturated rings. The summed E-state index contributed by atoms with van der Waals surface area (Å²) in [4.78, 5) is 9.21. The van der Waals surface area contributed by atoms with Gasteiger partial charge in [-0.25, -0.2) is 9.97 Å². The van der Waals surface area contributed by atoms with Crippen LogP contribution in [0.15, 0.2) is 33.8 Å². The lowest BCUT2D eigenvalue weighted by atomic mass is 10.2. The van der Waals surface area contributed by atoms with Crippen molar-refractivity contribution in [2.24, 2.45) is 5.92 Å². The second kappa shape index (κ2) is 6.16. The first-order chi connectivity index (χ1) is 10.5. The van der Waals surface area contributed by atoms with Crippen LogP contribution in [0.5, 0.6) is 0 Å². The standard InChI is InChI=1S/C17H21N3OS/c1-11(2)9-20-13(4)12(3)18-17(20)22-10-16-19-14-7-5-6-8-15(14)21-16/h5-8,11H,9-10H2,1-4H3. The van der Waals surface area contributed by atoms with Crippen LogP contribution in [0, 0.1) is 19.8 Å². The quantitative estimate of drug-likeness (QED) is 0.646. The first-order valence-corrected chi connectivity index (χ1v) is 8.54. The summed E-state index contributed by atoms with van der Waals surface area (Å²) >= 11 is 1.69. The minimum atomic E-state index is 0.593. The first kappa shape index (κ1) is 15.2. The number of para-hydroxylation sites is 2. The summed E-state index contributed by atoms with van der Waals surface area (Å²) in [5.74, 6) is 2.04. The van der Waals surface area contributed by atoms with Crippen molar-refractivity contribution in [1.82, 2.24) is 14.5 Å². The Kier molecular flexibility index (Phi) is 4.25. The molecule has 4 nitrogen and oxygen atoms in total. The van der Waals surface area contributed by atoms with E-state index in [0.717, 1.165) is 34.4 Å². The van der Waals surface area contributed by atoms with Crippen molar-refractivity contribution in [3.63, 3.8) is 0 Å². The number of hydrogen-bond donors (Lipinski definition) is 0. The van der Waals surface area contributed by atoms with E-state index in [-0.39, 0.29) is 0 Å². The lowest BCUT2D eigenvalue weighted by Gasteiger charge is -2.11. The van der Waals surface area contributed by atoms with Gasteiger partial charge >= 0.3 is 0 Å². The predicted molar refractivity (Wildman–Crippen MR) is 90.1 cm³/mol. The maximum Gasteiger partial charge on any atom is 0.205 e.